The van der Waals surface area contributed by atoms with Gasteiger partial charge in [-0.3, -0.25) is 4.79 Å². The highest BCUT2D eigenvalue weighted by Crippen LogP contribution is 2.35. The Bertz CT molecular complexity index is 344. The number of carbonyl (C=O) groups is 1. The number of rotatable bonds is 5. The van der Waals surface area contributed by atoms with Crippen LogP contribution in [0, 0.1) is 16.7 Å². The van der Waals surface area contributed by atoms with Gasteiger partial charge in [0.1, 0.15) is 12.0 Å². The van der Waals surface area contributed by atoms with E-state index in [1.165, 1.54) is 0 Å². The van der Waals surface area contributed by atoms with E-state index < -0.39 is 24.1 Å². The van der Waals surface area contributed by atoms with Crippen molar-refractivity contribution in [2.24, 2.45) is 5.41 Å². The zero-order chi connectivity index (χ0) is 14.4. The molecule has 0 radical (unpaired) electrons. The molecule has 0 saturated heterocycles. The number of hydrogen-bond acceptors (Lipinski definition) is 3. The van der Waals surface area contributed by atoms with Gasteiger partial charge in [0.15, 0.2) is 0 Å². The number of hydrogen-bond donors (Lipinski definition) is 1. The summed E-state index contributed by atoms with van der Waals surface area (Å²) in [7, 11) is 0. The number of carbonyl (C=O) groups excluding carboxylic acids is 1. The highest BCUT2D eigenvalue weighted by atomic mass is 19.4. The third kappa shape index (κ3) is 5.07. The van der Waals surface area contributed by atoms with Gasteiger partial charge in [0, 0.05) is 6.54 Å². The Morgan fingerprint density at radius 3 is 2.47 bits per heavy atom. The number of ether oxygens (including phenoxy) is 1. The molecule has 0 unspecified atom stereocenters. The fourth-order valence-electron chi connectivity index (χ4n) is 2.14. The first kappa shape index (κ1) is 15.8. The molecule has 7 heteroatoms. The van der Waals surface area contributed by atoms with Gasteiger partial charge in [0.25, 0.3) is 0 Å². The lowest BCUT2D eigenvalue weighted by atomic mass is 9.74. The van der Waals surface area contributed by atoms with Gasteiger partial charge in [0.05, 0.1) is 12.7 Å². The molecule has 1 N–H and O–H groups in total. The van der Waals surface area contributed by atoms with Gasteiger partial charge < -0.3 is 10.1 Å². The van der Waals surface area contributed by atoms with E-state index in [1.54, 1.807) is 0 Å². The number of amides is 1. The zero-order valence-electron chi connectivity index (χ0n) is 10.6. The van der Waals surface area contributed by atoms with Crippen LogP contribution in [0.2, 0.25) is 0 Å². The Kier molecular flexibility index (Phi) is 5.60. The van der Waals surface area contributed by atoms with Crippen LogP contribution in [0.25, 0.3) is 0 Å². The molecule has 1 aliphatic carbocycles. The van der Waals surface area contributed by atoms with Gasteiger partial charge >= 0.3 is 6.18 Å². The summed E-state index contributed by atoms with van der Waals surface area (Å²) in [6, 6.07) is 2.05. The monoisotopic (exact) mass is 278 g/mol. The molecule has 0 aromatic heterocycles. The molecule has 0 heterocycles. The van der Waals surface area contributed by atoms with Crippen molar-refractivity contribution in [3.05, 3.63) is 0 Å². The van der Waals surface area contributed by atoms with Crippen molar-refractivity contribution < 1.29 is 22.7 Å². The molecule has 0 aliphatic heterocycles. The van der Waals surface area contributed by atoms with Crippen molar-refractivity contribution in [3.8, 4) is 6.07 Å². The van der Waals surface area contributed by atoms with Gasteiger partial charge in [-0.15, -0.1) is 0 Å². The van der Waals surface area contributed by atoms with E-state index in [1.807, 2.05) is 6.07 Å². The predicted molar refractivity (Wildman–Crippen MR) is 61.0 cm³/mol. The smallest absolute Gasteiger partial charge is 0.370 e. The summed E-state index contributed by atoms with van der Waals surface area (Å²) in [5.74, 6) is -0.398. The average molecular weight is 278 g/mol. The molecule has 1 amide bonds. The topological polar surface area (TPSA) is 62.1 Å². The fourth-order valence-corrected chi connectivity index (χ4v) is 2.14. The van der Waals surface area contributed by atoms with Crippen molar-refractivity contribution in [1.82, 2.24) is 5.32 Å². The second kappa shape index (κ2) is 6.75. The lowest BCUT2D eigenvalue weighted by Gasteiger charge is -2.29. The lowest BCUT2D eigenvalue weighted by molar-refractivity contribution is -0.173. The molecule has 1 fully saturated rings. The second-order valence-electron chi connectivity index (χ2n) is 4.68. The van der Waals surface area contributed by atoms with Crippen LogP contribution in [-0.2, 0) is 9.53 Å². The van der Waals surface area contributed by atoms with Gasteiger partial charge in [-0.2, -0.15) is 18.4 Å². The summed E-state index contributed by atoms with van der Waals surface area (Å²) in [5.41, 5.74) is -1.01. The number of halogens is 3. The van der Waals surface area contributed by atoms with Gasteiger partial charge in [-0.1, -0.05) is 19.3 Å². The molecule has 0 spiro atoms. The Balaban J connectivity index is 2.28. The van der Waals surface area contributed by atoms with Crippen LogP contribution in [0.1, 0.15) is 32.1 Å². The Hall–Kier alpha value is -1.29. The molecule has 19 heavy (non-hydrogen) atoms. The maximum atomic E-state index is 11.9. The quantitative estimate of drug-likeness (QED) is 0.784. The van der Waals surface area contributed by atoms with Crippen LogP contribution in [0.4, 0.5) is 13.2 Å². The van der Waals surface area contributed by atoms with Crippen molar-refractivity contribution in [2.75, 3.05) is 19.8 Å². The van der Waals surface area contributed by atoms with Crippen LogP contribution >= 0.6 is 0 Å². The van der Waals surface area contributed by atoms with Crippen LogP contribution < -0.4 is 5.32 Å². The van der Waals surface area contributed by atoms with E-state index in [0.29, 0.717) is 12.8 Å². The molecule has 108 valence electrons. The Labute approximate surface area is 109 Å². The summed E-state index contributed by atoms with van der Waals surface area (Å²) in [6.07, 6.45) is -0.679. The molecule has 0 atom stereocenters. The van der Waals surface area contributed by atoms with Crippen molar-refractivity contribution in [3.63, 3.8) is 0 Å². The predicted octanol–water partition coefficient (Wildman–Crippen LogP) is 2.16. The maximum absolute atomic E-state index is 11.9. The van der Waals surface area contributed by atoms with E-state index in [0.717, 1.165) is 19.3 Å². The molecular formula is C12H17F3N2O2. The van der Waals surface area contributed by atoms with Crippen LogP contribution in [-0.4, -0.2) is 31.8 Å². The van der Waals surface area contributed by atoms with Crippen LogP contribution in [0.3, 0.4) is 0 Å². The summed E-state index contributed by atoms with van der Waals surface area (Å²) in [4.78, 5) is 11.9. The number of nitriles is 1. The van der Waals surface area contributed by atoms with E-state index in [-0.39, 0.29) is 13.2 Å². The summed E-state index contributed by atoms with van der Waals surface area (Å²) < 4.78 is 39.8. The third-order valence-corrected chi connectivity index (χ3v) is 3.15. The molecule has 1 saturated carbocycles. The minimum Gasteiger partial charge on any atom is -0.370 e. The largest absolute Gasteiger partial charge is 0.411 e. The first-order valence-electron chi connectivity index (χ1n) is 6.24. The summed E-state index contributed by atoms with van der Waals surface area (Å²) in [6.45, 7) is -1.56. The number of nitrogens with zero attached hydrogens (tertiary/aromatic N) is 1. The lowest BCUT2D eigenvalue weighted by Crippen LogP contribution is -2.42. The van der Waals surface area contributed by atoms with Crippen molar-refractivity contribution in [1.29, 1.82) is 5.26 Å². The molecule has 4 nitrogen and oxygen atoms in total. The van der Waals surface area contributed by atoms with E-state index in [2.05, 4.69) is 10.1 Å². The number of alkyl halides is 3. The molecular weight excluding hydrogens is 261 g/mol. The fraction of sp³-hybridized carbons (Fsp3) is 0.833. The van der Waals surface area contributed by atoms with E-state index in [9.17, 15) is 18.0 Å². The van der Waals surface area contributed by atoms with Crippen LogP contribution in [0.5, 0.6) is 0 Å². The van der Waals surface area contributed by atoms with Crippen molar-refractivity contribution >= 4 is 5.91 Å². The zero-order valence-corrected chi connectivity index (χ0v) is 10.6. The molecule has 0 aromatic rings. The molecule has 0 aromatic carbocycles. The summed E-state index contributed by atoms with van der Waals surface area (Å²) >= 11 is 0. The summed E-state index contributed by atoms with van der Waals surface area (Å²) in [5, 5.41) is 11.6. The molecule has 1 aliphatic rings. The third-order valence-electron chi connectivity index (χ3n) is 3.15. The molecule has 1 rings (SSSR count). The maximum Gasteiger partial charge on any atom is 0.411 e. The highest BCUT2D eigenvalue weighted by Gasteiger charge is 2.39. The minimum atomic E-state index is -4.36. The Morgan fingerprint density at radius 2 is 1.95 bits per heavy atom. The first-order valence-corrected chi connectivity index (χ1v) is 6.24. The highest BCUT2D eigenvalue weighted by molar-refractivity contribution is 5.85. The first-order chi connectivity index (χ1) is 8.90. The SMILES string of the molecule is N#CC1(C(=O)NCCOCC(F)(F)F)CCCCC1. The minimum absolute atomic E-state index is 0.0155. The second-order valence-corrected chi connectivity index (χ2v) is 4.68. The van der Waals surface area contributed by atoms with Gasteiger partial charge in [-0.05, 0) is 12.8 Å². The normalized spacial score (nSPS) is 18.6. The van der Waals surface area contributed by atoms with E-state index in [4.69, 9.17) is 5.26 Å². The van der Waals surface area contributed by atoms with Gasteiger partial charge in [-0.25, -0.2) is 0 Å². The molecule has 0 bridgehead atoms. The average Bonchev–Trinajstić information content (AvgIpc) is 2.37. The number of nitrogens with one attached hydrogen (secondary N) is 1. The standard InChI is InChI=1S/C12H17F3N2O2/c13-12(14,15)9-19-7-6-17-10(18)11(8-16)4-2-1-3-5-11/h1-7,9H2,(H,17,18). The van der Waals surface area contributed by atoms with Gasteiger partial charge in [0.2, 0.25) is 5.91 Å². The van der Waals surface area contributed by atoms with E-state index >= 15 is 0 Å². The Morgan fingerprint density at radius 1 is 1.32 bits per heavy atom. The van der Waals surface area contributed by atoms with Crippen molar-refractivity contribution in [2.45, 2.75) is 38.3 Å². The van der Waals surface area contributed by atoms with Crippen LogP contribution in [0.15, 0.2) is 0 Å².